The van der Waals surface area contributed by atoms with E-state index in [0.29, 0.717) is 0 Å². The highest BCUT2D eigenvalue weighted by molar-refractivity contribution is 5.58. The maximum Gasteiger partial charge on any atom is 0.130 e. The zero-order valence-electron chi connectivity index (χ0n) is 8.70. The minimum absolute atomic E-state index is 0.872. The van der Waals surface area contributed by atoms with Crippen LogP contribution in [0.25, 0.3) is 11.4 Å². The van der Waals surface area contributed by atoms with Gasteiger partial charge in [-0.2, -0.15) is 0 Å². The Hall–Kier alpha value is -1.84. The second kappa shape index (κ2) is 4.59. The number of H-pyrrole nitrogens is 1. The van der Waals surface area contributed by atoms with E-state index in [2.05, 4.69) is 27.2 Å². The Labute approximate surface area is 88.8 Å². The average molecular weight is 202 g/mol. The molecule has 0 spiro atoms. The van der Waals surface area contributed by atoms with E-state index < -0.39 is 0 Å². The summed E-state index contributed by atoms with van der Waals surface area (Å²) in [5.41, 5.74) is 1.92. The number of nitrogens with zero attached hydrogens (tertiary/aromatic N) is 2. The van der Waals surface area contributed by atoms with Gasteiger partial charge < -0.3 is 10.3 Å². The molecule has 0 aliphatic rings. The van der Waals surface area contributed by atoms with Crippen LogP contribution in [0.1, 0.15) is 13.3 Å². The molecule has 0 amide bonds. The molecule has 0 aromatic carbocycles. The van der Waals surface area contributed by atoms with Gasteiger partial charge in [-0.1, -0.05) is 6.92 Å². The highest BCUT2D eigenvalue weighted by Gasteiger charge is 2.01. The topological polar surface area (TPSA) is 53.6 Å². The molecule has 0 fully saturated rings. The molecule has 2 N–H and O–H groups in total. The zero-order chi connectivity index (χ0) is 10.5. The summed E-state index contributed by atoms with van der Waals surface area (Å²) in [5, 5.41) is 3.23. The van der Waals surface area contributed by atoms with Gasteiger partial charge in [0.15, 0.2) is 0 Å². The van der Waals surface area contributed by atoms with Crippen molar-refractivity contribution in [3.05, 3.63) is 30.7 Å². The molecule has 0 saturated heterocycles. The number of hydrogen-bond acceptors (Lipinski definition) is 3. The minimum atomic E-state index is 0.872. The molecule has 4 heteroatoms. The maximum absolute atomic E-state index is 4.21. The minimum Gasteiger partial charge on any atom is -0.370 e. The van der Waals surface area contributed by atoms with Gasteiger partial charge in [-0.3, -0.25) is 0 Å². The predicted molar refractivity (Wildman–Crippen MR) is 60.6 cm³/mol. The lowest BCUT2D eigenvalue weighted by molar-refractivity contribution is 0.965. The second-order valence-electron chi connectivity index (χ2n) is 3.30. The van der Waals surface area contributed by atoms with Crippen LogP contribution in [0.4, 0.5) is 5.82 Å². The molecule has 0 saturated carbocycles. The van der Waals surface area contributed by atoms with Crippen molar-refractivity contribution in [2.45, 2.75) is 13.3 Å². The Morgan fingerprint density at radius 3 is 3.07 bits per heavy atom. The van der Waals surface area contributed by atoms with E-state index in [1.165, 1.54) is 0 Å². The standard InChI is InChI=1S/C11H14N4/c1-2-5-13-11-7-10(14-8-15-11)9-4-3-6-12-9/h3-4,6-8,12H,2,5H2,1H3,(H,13,14,15). The maximum atomic E-state index is 4.21. The Kier molecular flexibility index (Phi) is 2.97. The van der Waals surface area contributed by atoms with Gasteiger partial charge >= 0.3 is 0 Å². The Balaban J connectivity index is 2.19. The number of aromatic amines is 1. The van der Waals surface area contributed by atoms with Crippen molar-refractivity contribution in [2.24, 2.45) is 0 Å². The predicted octanol–water partition coefficient (Wildman–Crippen LogP) is 2.29. The first-order valence-electron chi connectivity index (χ1n) is 5.10. The molecule has 0 aliphatic carbocycles. The van der Waals surface area contributed by atoms with E-state index in [9.17, 15) is 0 Å². The first-order chi connectivity index (χ1) is 7.40. The van der Waals surface area contributed by atoms with E-state index in [4.69, 9.17) is 0 Å². The van der Waals surface area contributed by atoms with Crippen molar-refractivity contribution >= 4 is 5.82 Å². The third kappa shape index (κ3) is 2.34. The van der Waals surface area contributed by atoms with Crippen LogP contribution in [0.5, 0.6) is 0 Å². The van der Waals surface area contributed by atoms with Crippen molar-refractivity contribution in [3.63, 3.8) is 0 Å². The molecule has 2 heterocycles. The van der Waals surface area contributed by atoms with Crippen LogP contribution in [-0.2, 0) is 0 Å². The largest absolute Gasteiger partial charge is 0.370 e. The van der Waals surface area contributed by atoms with E-state index in [-0.39, 0.29) is 0 Å². The highest BCUT2D eigenvalue weighted by atomic mass is 15.0. The van der Waals surface area contributed by atoms with Gasteiger partial charge in [0.2, 0.25) is 0 Å². The number of rotatable bonds is 4. The Bertz CT molecular complexity index is 408. The van der Waals surface area contributed by atoms with Crippen molar-refractivity contribution in [2.75, 3.05) is 11.9 Å². The van der Waals surface area contributed by atoms with Gasteiger partial charge in [0.25, 0.3) is 0 Å². The molecule has 0 radical (unpaired) electrons. The summed E-state index contributed by atoms with van der Waals surface area (Å²) >= 11 is 0. The molecular formula is C11H14N4. The molecule has 2 rings (SSSR count). The first kappa shape index (κ1) is 9.71. The third-order valence-corrected chi connectivity index (χ3v) is 2.10. The summed E-state index contributed by atoms with van der Waals surface area (Å²) in [6.45, 7) is 3.06. The first-order valence-corrected chi connectivity index (χ1v) is 5.10. The van der Waals surface area contributed by atoms with Crippen LogP contribution >= 0.6 is 0 Å². The van der Waals surface area contributed by atoms with Crippen LogP contribution in [0.2, 0.25) is 0 Å². The molecule has 78 valence electrons. The van der Waals surface area contributed by atoms with E-state index in [1.54, 1.807) is 6.33 Å². The van der Waals surface area contributed by atoms with E-state index in [1.807, 2.05) is 24.4 Å². The van der Waals surface area contributed by atoms with E-state index in [0.717, 1.165) is 30.2 Å². The SMILES string of the molecule is CCCNc1cc(-c2ccc[nH]2)ncn1. The summed E-state index contributed by atoms with van der Waals surface area (Å²) in [6, 6.07) is 5.89. The lowest BCUT2D eigenvalue weighted by Gasteiger charge is -2.04. The van der Waals surface area contributed by atoms with Crippen LogP contribution < -0.4 is 5.32 Å². The molecule has 0 atom stereocenters. The lowest BCUT2D eigenvalue weighted by atomic mass is 10.3. The molecule has 15 heavy (non-hydrogen) atoms. The molecule has 0 bridgehead atoms. The van der Waals surface area contributed by atoms with Crippen molar-refractivity contribution < 1.29 is 0 Å². The van der Waals surface area contributed by atoms with Gasteiger partial charge in [-0.05, 0) is 18.6 Å². The number of nitrogens with one attached hydrogen (secondary N) is 2. The highest BCUT2D eigenvalue weighted by Crippen LogP contribution is 2.15. The smallest absolute Gasteiger partial charge is 0.130 e. The van der Waals surface area contributed by atoms with Gasteiger partial charge in [0.1, 0.15) is 12.1 Å². The molecule has 4 nitrogen and oxygen atoms in total. The van der Waals surface area contributed by atoms with Gasteiger partial charge in [0.05, 0.1) is 11.4 Å². The summed E-state index contributed by atoms with van der Waals surface area (Å²) < 4.78 is 0. The Morgan fingerprint density at radius 1 is 1.40 bits per heavy atom. The molecule has 2 aromatic rings. The molecule has 0 unspecified atom stereocenters. The van der Waals surface area contributed by atoms with Crippen molar-refractivity contribution in [1.29, 1.82) is 0 Å². The normalized spacial score (nSPS) is 10.2. The third-order valence-electron chi connectivity index (χ3n) is 2.10. The molecule has 0 aliphatic heterocycles. The monoisotopic (exact) mass is 202 g/mol. The van der Waals surface area contributed by atoms with Crippen molar-refractivity contribution in [3.8, 4) is 11.4 Å². The van der Waals surface area contributed by atoms with Gasteiger partial charge in [-0.15, -0.1) is 0 Å². The number of anilines is 1. The van der Waals surface area contributed by atoms with Crippen LogP contribution in [0, 0.1) is 0 Å². The summed E-state index contributed by atoms with van der Waals surface area (Å²) in [5.74, 6) is 0.872. The Morgan fingerprint density at radius 2 is 2.33 bits per heavy atom. The van der Waals surface area contributed by atoms with Crippen LogP contribution in [-0.4, -0.2) is 21.5 Å². The summed E-state index contributed by atoms with van der Waals surface area (Å²) in [6.07, 6.45) is 4.55. The fourth-order valence-electron chi connectivity index (χ4n) is 1.34. The van der Waals surface area contributed by atoms with Crippen molar-refractivity contribution in [1.82, 2.24) is 15.0 Å². The molecule has 2 aromatic heterocycles. The zero-order valence-corrected chi connectivity index (χ0v) is 8.70. The molecular weight excluding hydrogens is 188 g/mol. The second-order valence-corrected chi connectivity index (χ2v) is 3.30. The average Bonchev–Trinajstić information content (AvgIpc) is 2.80. The fraction of sp³-hybridized carbons (Fsp3) is 0.273. The lowest BCUT2D eigenvalue weighted by Crippen LogP contribution is -2.02. The fourth-order valence-corrected chi connectivity index (χ4v) is 1.34. The quantitative estimate of drug-likeness (QED) is 0.799. The van der Waals surface area contributed by atoms with Crippen LogP contribution in [0.3, 0.4) is 0 Å². The van der Waals surface area contributed by atoms with Gasteiger partial charge in [-0.25, -0.2) is 9.97 Å². The van der Waals surface area contributed by atoms with E-state index >= 15 is 0 Å². The number of aromatic nitrogens is 3. The number of hydrogen-bond donors (Lipinski definition) is 2. The summed E-state index contributed by atoms with van der Waals surface area (Å²) in [7, 11) is 0. The van der Waals surface area contributed by atoms with Crippen LogP contribution in [0.15, 0.2) is 30.7 Å². The summed E-state index contributed by atoms with van der Waals surface area (Å²) in [4.78, 5) is 11.5. The van der Waals surface area contributed by atoms with Gasteiger partial charge in [0, 0.05) is 18.8 Å².